The Bertz CT molecular complexity index is 933. The Morgan fingerprint density at radius 1 is 0.306 bits per heavy atom. The number of hydrogen-bond acceptors (Lipinski definition) is 6. The van der Waals surface area contributed by atoms with Crippen molar-refractivity contribution < 1.29 is 28.6 Å². The summed E-state index contributed by atoms with van der Waals surface area (Å²) >= 11 is 0. The molecule has 0 aliphatic heterocycles. The summed E-state index contributed by atoms with van der Waals surface area (Å²) in [6.07, 6.45) is 54.0. The van der Waals surface area contributed by atoms with Gasteiger partial charge in [-0.15, -0.1) is 0 Å². The van der Waals surface area contributed by atoms with Crippen molar-refractivity contribution in [1.82, 2.24) is 0 Å². The number of unbranched alkanes of at least 4 members (excludes halogenated alkanes) is 38. The highest BCUT2D eigenvalue weighted by atomic mass is 16.6. The number of carbonyl (C=O) groups is 3. The van der Waals surface area contributed by atoms with E-state index in [2.05, 4.69) is 27.7 Å². The lowest BCUT2D eigenvalue weighted by atomic mass is 10.0. The molecule has 0 aromatic carbocycles. The first-order valence-corrected chi connectivity index (χ1v) is 27.9. The van der Waals surface area contributed by atoms with Crippen LogP contribution in [0.25, 0.3) is 0 Å². The molecule has 62 heavy (non-hydrogen) atoms. The molecule has 368 valence electrons. The number of hydrogen-bond donors (Lipinski definition) is 0. The van der Waals surface area contributed by atoms with Crippen molar-refractivity contribution >= 4 is 17.9 Å². The first-order chi connectivity index (χ1) is 30.4. The Hall–Kier alpha value is -1.59. The Morgan fingerprint density at radius 3 is 0.790 bits per heavy atom. The van der Waals surface area contributed by atoms with E-state index in [-0.39, 0.29) is 31.1 Å². The van der Waals surface area contributed by atoms with Gasteiger partial charge in [-0.25, -0.2) is 0 Å². The molecule has 0 heterocycles. The van der Waals surface area contributed by atoms with Crippen LogP contribution in [0.5, 0.6) is 0 Å². The third-order valence-electron chi connectivity index (χ3n) is 12.8. The molecule has 0 aliphatic carbocycles. The maximum atomic E-state index is 12.7. The lowest BCUT2D eigenvalue weighted by Crippen LogP contribution is -2.30. The van der Waals surface area contributed by atoms with E-state index in [1.807, 2.05) is 0 Å². The molecule has 6 heteroatoms. The highest BCUT2D eigenvalue weighted by Gasteiger charge is 2.19. The Labute approximate surface area is 387 Å². The van der Waals surface area contributed by atoms with E-state index < -0.39 is 6.10 Å². The summed E-state index contributed by atoms with van der Waals surface area (Å²) in [4.78, 5) is 37.9. The van der Waals surface area contributed by atoms with Crippen LogP contribution in [0, 0.1) is 5.92 Å². The van der Waals surface area contributed by atoms with Gasteiger partial charge in [0.2, 0.25) is 0 Å². The molecule has 0 unspecified atom stereocenters. The van der Waals surface area contributed by atoms with Gasteiger partial charge in [-0.05, 0) is 25.2 Å². The minimum Gasteiger partial charge on any atom is -0.462 e. The molecule has 0 fully saturated rings. The number of rotatable bonds is 51. The zero-order chi connectivity index (χ0) is 45.2. The van der Waals surface area contributed by atoms with Crippen LogP contribution in [0.2, 0.25) is 0 Å². The molecule has 0 aliphatic rings. The zero-order valence-electron chi connectivity index (χ0n) is 42.3. The van der Waals surface area contributed by atoms with Gasteiger partial charge in [0.15, 0.2) is 6.10 Å². The Balaban J connectivity index is 4.10. The maximum Gasteiger partial charge on any atom is 0.306 e. The third kappa shape index (κ3) is 49.4. The Morgan fingerprint density at radius 2 is 0.532 bits per heavy atom. The predicted molar refractivity (Wildman–Crippen MR) is 266 cm³/mol. The van der Waals surface area contributed by atoms with Crippen LogP contribution < -0.4 is 0 Å². The molecule has 1 atom stereocenters. The van der Waals surface area contributed by atoms with Gasteiger partial charge < -0.3 is 14.2 Å². The van der Waals surface area contributed by atoms with Crippen molar-refractivity contribution in [3.8, 4) is 0 Å². The van der Waals surface area contributed by atoms with Gasteiger partial charge >= 0.3 is 17.9 Å². The molecule has 0 radical (unpaired) electrons. The van der Waals surface area contributed by atoms with Crippen LogP contribution in [0.1, 0.15) is 317 Å². The third-order valence-corrected chi connectivity index (χ3v) is 12.8. The highest BCUT2D eigenvalue weighted by molar-refractivity contribution is 5.71. The molecule has 0 aromatic rings. The zero-order valence-corrected chi connectivity index (χ0v) is 42.3. The average molecular weight is 877 g/mol. The first kappa shape index (κ1) is 60.4. The summed E-state index contributed by atoms with van der Waals surface area (Å²) in [6.45, 7) is 9.02. The van der Waals surface area contributed by atoms with Crippen LogP contribution in [0.15, 0.2) is 0 Å². The van der Waals surface area contributed by atoms with E-state index in [4.69, 9.17) is 14.2 Å². The van der Waals surface area contributed by atoms with E-state index in [0.29, 0.717) is 19.3 Å². The molecule has 0 aromatic heterocycles. The fourth-order valence-corrected chi connectivity index (χ4v) is 8.57. The SMILES string of the molecule is CCCCCCCCCCCCCCCCCCCCC(=O)OC[C@@H](COC(=O)CCCCCCCCCCCCCCCCCCC(C)C)OC(=O)CCCCCCCCC. The average Bonchev–Trinajstić information content (AvgIpc) is 3.26. The largest absolute Gasteiger partial charge is 0.462 e. The molecule has 0 rings (SSSR count). The van der Waals surface area contributed by atoms with Gasteiger partial charge in [0, 0.05) is 19.3 Å². The van der Waals surface area contributed by atoms with Crippen LogP contribution in [0.3, 0.4) is 0 Å². The maximum absolute atomic E-state index is 12.7. The van der Waals surface area contributed by atoms with Crippen LogP contribution in [0.4, 0.5) is 0 Å². The summed E-state index contributed by atoms with van der Waals surface area (Å²) in [5, 5.41) is 0. The molecular formula is C56H108O6. The van der Waals surface area contributed by atoms with E-state index in [1.165, 1.54) is 212 Å². The summed E-state index contributed by atoms with van der Waals surface area (Å²) in [6, 6.07) is 0. The minimum atomic E-state index is -0.760. The van der Waals surface area contributed by atoms with Crippen molar-refractivity contribution in [3.05, 3.63) is 0 Å². The van der Waals surface area contributed by atoms with Crippen LogP contribution in [-0.2, 0) is 28.6 Å². The second-order valence-corrected chi connectivity index (χ2v) is 19.7. The summed E-state index contributed by atoms with van der Waals surface area (Å²) < 4.78 is 16.8. The minimum absolute atomic E-state index is 0.0629. The van der Waals surface area contributed by atoms with Gasteiger partial charge in [0.25, 0.3) is 0 Å². The second-order valence-electron chi connectivity index (χ2n) is 19.7. The molecular weight excluding hydrogens is 769 g/mol. The number of carbonyl (C=O) groups excluding carboxylic acids is 3. The summed E-state index contributed by atoms with van der Waals surface area (Å²) in [5.41, 5.74) is 0. The standard InChI is InChI=1S/C56H108O6/c1-5-7-9-11-13-14-15-16-17-18-19-23-26-29-32-36-39-43-47-54(57)60-50-53(62-56(59)49-45-41-34-12-10-8-6-2)51-61-55(58)48-44-40-37-33-30-27-24-21-20-22-25-28-31-35-38-42-46-52(3)4/h52-53H,5-51H2,1-4H3/t53-/m0/s1. The monoisotopic (exact) mass is 877 g/mol. The molecule has 0 bridgehead atoms. The molecule has 0 saturated carbocycles. The van der Waals surface area contributed by atoms with E-state index in [1.54, 1.807) is 0 Å². The number of esters is 3. The lowest BCUT2D eigenvalue weighted by Gasteiger charge is -2.18. The van der Waals surface area contributed by atoms with Gasteiger partial charge in [-0.1, -0.05) is 278 Å². The lowest BCUT2D eigenvalue weighted by molar-refractivity contribution is -0.167. The van der Waals surface area contributed by atoms with Gasteiger partial charge in [0.1, 0.15) is 13.2 Å². The van der Waals surface area contributed by atoms with Crippen molar-refractivity contribution in [2.45, 2.75) is 323 Å². The smallest absolute Gasteiger partial charge is 0.306 e. The molecule has 0 spiro atoms. The predicted octanol–water partition coefficient (Wildman–Crippen LogP) is 18.2. The topological polar surface area (TPSA) is 78.9 Å². The quantitative estimate of drug-likeness (QED) is 0.0344. The van der Waals surface area contributed by atoms with E-state index in [0.717, 1.165) is 63.7 Å². The summed E-state index contributed by atoms with van der Waals surface area (Å²) in [7, 11) is 0. The highest BCUT2D eigenvalue weighted by Crippen LogP contribution is 2.18. The fourth-order valence-electron chi connectivity index (χ4n) is 8.57. The van der Waals surface area contributed by atoms with Crippen molar-refractivity contribution in [1.29, 1.82) is 0 Å². The van der Waals surface area contributed by atoms with Crippen LogP contribution in [-0.4, -0.2) is 37.2 Å². The van der Waals surface area contributed by atoms with Crippen molar-refractivity contribution in [2.75, 3.05) is 13.2 Å². The molecule has 6 nitrogen and oxygen atoms in total. The normalized spacial score (nSPS) is 12.0. The summed E-state index contributed by atoms with van der Waals surface area (Å²) in [5.74, 6) is 0.00633. The van der Waals surface area contributed by atoms with E-state index >= 15 is 0 Å². The van der Waals surface area contributed by atoms with Crippen LogP contribution >= 0.6 is 0 Å². The van der Waals surface area contributed by atoms with Crippen molar-refractivity contribution in [2.24, 2.45) is 5.92 Å². The van der Waals surface area contributed by atoms with Crippen molar-refractivity contribution in [3.63, 3.8) is 0 Å². The fraction of sp³-hybridized carbons (Fsp3) is 0.946. The van der Waals surface area contributed by atoms with E-state index in [9.17, 15) is 14.4 Å². The number of ether oxygens (including phenoxy) is 3. The first-order valence-electron chi connectivity index (χ1n) is 27.9. The van der Waals surface area contributed by atoms with Gasteiger partial charge in [-0.3, -0.25) is 14.4 Å². The second kappa shape index (κ2) is 50.4. The molecule has 0 N–H and O–H groups in total. The Kier molecular flexibility index (Phi) is 49.1. The van der Waals surface area contributed by atoms with Gasteiger partial charge in [0.05, 0.1) is 0 Å². The molecule has 0 saturated heterocycles. The molecule has 0 amide bonds. The van der Waals surface area contributed by atoms with Gasteiger partial charge in [-0.2, -0.15) is 0 Å².